The summed E-state index contributed by atoms with van der Waals surface area (Å²) < 4.78 is 0. The van der Waals surface area contributed by atoms with E-state index in [1.807, 2.05) is 12.1 Å². The Morgan fingerprint density at radius 3 is 2.42 bits per heavy atom. The average molecular weight is 264 g/mol. The molecule has 2 rings (SSSR count). The third-order valence-corrected chi connectivity index (χ3v) is 3.87. The molecular weight excluding hydrogens is 240 g/mol. The quantitative estimate of drug-likeness (QED) is 0.634. The van der Waals surface area contributed by atoms with E-state index in [2.05, 4.69) is 22.8 Å². The van der Waals surface area contributed by atoms with E-state index in [4.69, 9.17) is 0 Å². The van der Waals surface area contributed by atoms with Gasteiger partial charge in [-0.2, -0.15) is 0 Å². The predicted molar refractivity (Wildman–Crippen MR) is 76.2 cm³/mol. The molecule has 0 spiro atoms. The maximum atomic E-state index is 10.0. The van der Waals surface area contributed by atoms with Crippen molar-refractivity contribution in [3.63, 3.8) is 0 Å². The highest BCUT2D eigenvalue weighted by Gasteiger charge is 2.19. The number of nitrogens with one attached hydrogen (secondary N) is 2. The minimum absolute atomic E-state index is 0.386. The van der Waals surface area contributed by atoms with Gasteiger partial charge in [0.1, 0.15) is 6.10 Å². The van der Waals surface area contributed by atoms with Gasteiger partial charge >= 0.3 is 0 Å². The Hall–Kier alpha value is -0.940. The number of piperidine rings is 1. The van der Waals surface area contributed by atoms with Crippen molar-refractivity contribution < 1.29 is 10.2 Å². The van der Waals surface area contributed by atoms with Crippen molar-refractivity contribution >= 4 is 0 Å². The van der Waals surface area contributed by atoms with Crippen LogP contribution in [0.2, 0.25) is 0 Å². The summed E-state index contributed by atoms with van der Waals surface area (Å²) in [4.78, 5) is 0. The highest BCUT2D eigenvalue weighted by Crippen LogP contribution is 2.26. The third-order valence-electron chi connectivity index (χ3n) is 3.87. The van der Waals surface area contributed by atoms with E-state index in [1.165, 1.54) is 18.4 Å². The molecule has 1 saturated heterocycles. The van der Waals surface area contributed by atoms with E-state index >= 15 is 0 Å². The van der Waals surface area contributed by atoms with Gasteiger partial charge in [-0.25, -0.2) is 0 Å². The Balaban J connectivity index is 2.01. The van der Waals surface area contributed by atoms with Gasteiger partial charge in [-0.1, -0.05) is 24.3 Å². The maximum absolute atomic E-state index is 10.0. The molecule has 1 heterocycles. The molecule has 0 aliphatic carbocycles. The van der Waals surface area contributed by atoms with Crippen LogP contribution >= 0.6 is 0 Å². The van der Waals surface area contributed by atoms with Crippen LogP contribution in [-0.2, 0) is 0 Å². The molecule has 1 aliphatic heterocycles. The summed E-state index contributed by atoms with van der Waals surface area (Å²) in [5.41, 5.74) is 2.11. The van der Waals surface area contributed by atoms with Crippen molar-refractivity contribution in [2.45, 2.75) is 31.0 Å². The zero-order valence-corrected chi connectivity index (χ0v) is 11.5. The zero-order chi connectivity index (χ0) is 13.7. The Morgan fingerprint density at radius 2 is 1.84 bits per heavy atom. The molecule has 1 fully saturated rings. The van der Waals surface area contributed by atoms with Gasteiger partial charge < -0.3 is 20.8 Å². The number of likely N-dealkylation sites (N-methyl/N-ethyl adjacent to an activating group) is 1. The zero-order valence-electron chi connectivity index (χ0n) is 11.5. The van der Waals surface area contributed by atoms with Crippen molar-refractivity contribution in [3.05, 3.63) is 35.4 Å². The van der Waals surface area contributed by atoms with Crippen LogP contribution in [0.5, 0.6) is 0 Å². The molecule has 4 heteroatoms. The van der Waals surface area contributed by atoms with Crippen LogP contribution in [0.15, 0.2) is 24.3 Å². The van der Waals surface area contributed by atoms with Crippen molar-refractivity contribution in [2.24, 2.45) is 0 Å². The fraction of sp³-hybridized carbons (Fsp3) is 0.600. The smallest absolute Gasteiger partial charge is 0.106 e. The third kappa shape index (κ3) is 3.76. The molecule has 19 heavy (non-hydrogen) atoms. The maximum Gasteiger partial charge on any atom is 0.106 e. The van der Waals surface area contributed by atoms with Gasteiger partial charge in [-0.3, -0.25) is 0 Å². The molecule has 1 aliphatic rings. The number of hydrogen-bond acceptors (Lipinski definition) is 4. The molecule has 0 radical (unpaired) electrons. The van der Waals surface area contributed by atoms with E-state index in [9.17, 15) is 10.2 Å². The van der Waals surface area contributed by atoms with Gasteiger partial charge in [0.2, 0.25) is 0 Å². The second kappa shape index (κ2) is 7.01. The lowest BCUT2D eigenvalue weighted by Gasteiger charge is -2.24. The van der Waals surface area contributed by atoms with Crippen molar-refractivity contribution in [1.29, 1.82) is 0 Å². The number of aliphatic hydroxyl groups is 2. The fourth-order valence-electron chi connectivity index (χ4n) is 2.66. The molecule has 0 amide bonds. The normalized spacial score (nSPS) is 20.2. The first kappa shape index (κ1) is 14.5. The van der Waals surface area contributed by atoms with Crippen LogP contribution in [0.1, 0.15) is 36.0 Å². The molecule has 0 saturated carbocycles. The lowest BCUT2D eigenvalue weighted by molar-refractivity contribution is 0.0202. The van der Waals surface area contributed by atoms with Crippen molar-refractivity contribution in [3.8, 4) is 0 Å². The van der Waals surface area contributed by atoms with Crippen LogP contribution in [0.4, 0.5) is 0 Å². The molecule has 2 unspecified atom stereocenters. The standard InChI is InChI=1S/C15H24N2O2/c1-16-10-14(18)15(19)13-4-2-11(3-5-13)12-6-8-17-9-7-12/h2-5,12,14-19H,6-10H2,1H3. The first-order valence-corrected chi connectivity index (χ1v) is 7.03. The minimum atomic E-state index is -0.825. The van der Waals surface area contributed by atoms with E-state index in [-0.39, 0.29) is 0 Å². The van der Waals surface area contributed by atoms with Gasteiger partial charge in [0.15, 0.2) is 0 Å². The Labute approximate surface area is 114 Å². The predicted octanol–water partition coefficient (Wildman–Crippen LogP) is 0.767. The summed E-state index contributed by atoms with van der Waals surface area (Å²) in [7, 11) is 1.76. The average Bonchev–Trinajstić information content (AvgIpc) is 2.48. The largest absolute Gasteiger partial charge is 0.389 e. The Morgan fingerprint density at radius 1 is 1.21 bits per heavy atom. The van der Waals surface area contributed by atoms with Crippen LogP contribution in [0.25, 0.3) is 0 Å². The summed E-state index contributed by atoms with van der Waals surface area (Å²) in [5.74, 6) is 0.620. The van der Waals surface area contributed by atoms with Gasteiger partial charge in [0, 0.05) is 6.54 Å². The van der Waals surface area contributed by atoms with Crippen LogP contribution < -0.4 is 10.6 Å². The summed E-state index contributed by atoms with van der Waals surface area (Å²) in [6.45, 7) is 2.54. The van der Waals surface area contributed by atoms with Gasteiger partial charge in [-0.15, -0.1) is 0 Å². The first-order chi connectivity index (χ1) is 9.22. The summed E-state index contributed by atoms with van der Waals surface area (Å²) in [6.07, 6.45) is 0.749. The fourth-order valence-corrected chi connectivity index (χ4v) is 2.66. The minimum Gasteiger partial charge on any atom is -0.389 e. The summed E-state index contributed by atoms with van der Waals surface area (Å²) in [5, 5.41) is 26.0. The first-order valence-electron chi connectivity index (χ1n) is 7.03. The van der Waals surface area contributed by atoms with E-state index < -0.39 is 12.2 Å². The summed E-state index contributed by atoms with van der Waals surface area (Å²) in [6, 6.07) is 8.03. The summed E-state index contributed by atoms with van der Waals surface area (Å²) >= 11 is 0. The van der Waals surface area contributed by atoms with Gasteiger partial charge in [0.25, 0.3) is 0 Å². The molecule has 1 aromatic carbocycles. The number of rotatable bonds is 5. The van der Waals surface area contributed by atoms with Gasteiger partial charge in [0.05, 0.1) is 6.10 Å². The van der Waals surface area contributed by atoms with Crippen LogP contribution in [-0.4, -0.2) is 43.0 Å². The van der Waals surface area contributed by atoms with Crippen LogP contribution in [0.3, 0.4) is 0 Å². The second-order valence-corrected chi connectivity index (χ2v) is 5.26. The molecule has 0 bridgehead atoms. The molecule has 4 N–H and O–H groups in total. The lowest BCUT2D eigenvalue weighted by Crippen LogP contribution is -2.29. The monoisotopic (exact) mass is 264 g/mol. The molecule has 1 aromatic rings. The highest BCUT2D eigenvalue weighted by atomic mass is 16.3. The number of hydrogen-bond donors (Lipinski definition) is 4. The van der Waals surface area contributed by atoms with E-state index in [0.29, 0.717) is 12.5 Å². The van der Waals surface area contributed by atoms with Crippen molar-refractivity contribution in [1.82, 2.24) is 10.6 Å². The molecular formula is C15H24N2O2. The highest BCUT2D eigenvalue weighted by molar-refractivity contribution is 5.27. The molecule has 106 valence electrons. The van der Waals surface area contributed by atoms with Gasteiger partial charge in [-0.05, 0) is 50.0 Å². The second-order valence-electron chi connectivity index (χ2n) is 5.26. The van der Waals surface area contributed by atoms with Crippen LogP contribution in [0, 0.1) is 0 Å². The Kier molecular flexibility index (Phi) is 5.34. The van der Waals surface area contributed by atoms with E-state index in [0.717, 1.165) is 18.7 Å². The SMILES string of the molecule is CNCC(O)C(O)c1ccc(C2CCNCC2)cc1. The molecule has 0 aromatic heterocycles. The lowest BCUT2D eigenvalue weighted by atomic mass is 9.89. The topological polar surface area (TPSA) is 64.5 Å². The molecule has 2 atom stereocenters. The molecule has 4 nitrogen and oxygen atoms in total. The van der Waals surface area contributed by atoms with E-state index in [1.54, 1.807) is 7.05 Å². The number of benzene rings is 1. The Bertz CT molecular complexity index is 374. The van der Waals surface area contributed by atoms with Crippen molar-refractivity contribution in [2.75, 3.05) is 26.7 Å². The number of aliphatic hydroxyl groups excluding tert-OH is 2.